The number of hydrogen-bond donors (Lipinski definition) is 3. The minimum Gasteiger partial charge on any atom is -0.513 e. The summed E-state index contributed by atoms with van der Waals surface area (Å²) in [7, 11) is 0. The second-order valence-corrected chi connectivity index (χ2v) is 7.82. The van der Waals surface area contributed by atoms with Gasteiger partial charge in [0, 0.05) is 23.9 Å². The van der Waals surface area contributed by atoms with E-state index in [1.54, 1.807) is 0 Å². The third kappa shape index (κ3) is 8.52. The van der Waals surface area contributed by atoms with E-state index in [2.05, 4.69) is 18.3 Å². The molecule has 0 aromatic rings. The van der Waals surface area contributed by atoms with E-state index in [-0.39, 0.29) is 17.6 Å². The summed E-state index contributed by atoms with van der Waals surface area (Å²) in [5.74, 6) is 1.18. The minimum absolute atomic E-state index is 0.0584. The molecule has 148 valence electrons. The van der Waals surface area contributed by atoms with E-state index in [1.165, 1.54) is 0 Å². The fourth-order valence-corrected chi connectivity index (χ4v) is 3.30. The van der Waals surface area contributed by atoms with E-state index in [4.69, 9.17) is 17.3 Å². The van der Waals surface area contributed by atoms with Gasteiger partial charge in [0.1, 0.15) is 0 Å². The first kappa shape index (κ1) is 22.9. The second-order valence-electron chi connectivity index (χ2n) is 7.38. The molecule has 4 N–H and O–H groups in total. The van der Waals surface area contributed by atoms with E-state index in [9.17, 15) is 9.90 Å². The van der Waals surface area contributed by atoms with Crippen molar-refractivity contribution in [3.05, 3.63) is 35.1 Å². The van der Waals surface area contributed by atoms with E-state index >= 15 is 0 Å². The van der Waals surface area contributed by atoms with Crippen molar-refractivity contribution in [3.63, 3.8) is 0 Å². The molecule has 0 aromatic carbocycles. The molecule has 0 bridgehead atoms. The SMILES string of the molecule is C/C=C(Cl)\C=C/C(C)CNCC[C@H](N)C(=O)C(C)C1CC=C(O)CCC1. The molecule has 0 aliphatic heterocycles. The molecule has 1 aliphatic carbocycles. The van der Waals surface area contributed by atoms with Gasteiger partial charge in [0.15, 0.2) is 5.78 Å². The lowest BCUT2D eigenvalue weighted by atomic mass is 9.82. The molecule has 0 radical (unpaired) electrons. The molecule has 3 unspecified atom stereocenters. The van der Waals surface area contributed by atoms with Crippen LogP contribution in [0.1, 0.15) is 52.9 Å². The summed E-state index contributed by atoms with van der Waals surface area (Å²) in [6.07, 6.45) is 11.7. The van der Waals surface area contributed by atoms with Crippen molar-refractivity contribution in [2.45, 2.75) is 58.9 Å². The second kappa shape index (κ2) is 12.3. The zero-order chi connectivity index (χ0) is 19.5. The Kier molecular flexibility index (Phi) is 10.9. The quantitative estimate of drug-likeness (QED) is 0.385. The molecule has 26 heavy (non-hydrogen) atoms. The molecule has 0 saturated heterocycles. The van der Waals surface area contributed by atoms with Gasteiger partial charge >= 0.3 is 0 Å². The number of nitrogens with two attached hydrogens (primary N) is 1. The Bertz CT molecular complexity index is 528. The Morgan fingerprint density at radius 3 is 2.92 bits per heavy atom. The fourth-order valence-electron chi connectivity index (χ4n) is 3.23. The third-order valence-electron chi connectivity index (χ3n) is 5.14. The topological polar surface area (TPSA) is 75.3 Å². The first-order valence-corrected chi connectivity index (χ1v) is 10.1. The lowest BCUT2D eigenvalue weighted by Crippen LogP contribution is -2.39. The van der Waals surface area contributed by atoms with Crippen LogP contribution in [0.25, 0.3) is 0 Å². The molecule has 4 nitrogen and oxygen atoms in total. The van der Waals surface area contributed by atoms with Gasteiger partial charge in [-0.1, -0.05) is 37.6 Å². The van der Waals surface area contributed by atoms with Gasteiger partial charge in [-0.05, 0) is 63.1 Å². The molecule has 1 aliphatic rings. The Balaban J connectivity index is 2.32. The summed E-state index contributed by atoms with van der Waals surface area (Å²) < 4.78 is 0. The van der Waals surface area contributed by atoms with E-state index in [0.29, 0.717) is 18.1 Å². The Labute approximate surface area is 163 Å². The number of aliphatic hydroxyl groups is 1. The van der Waals surface area contributed by atoms with Crippen LogP contribution >= 0.6 is 11.6 Å². The highest BCUT2D eigenvalue weighted by atomic mass is 35.5. The summed E-state index contributed by atoms with van der Waals surface area (Å²) in [6, 6.07) is -0.429. The average Bonchev–Trinajstić information content (AvgIpc) is 2.86. The summed E-state index contributed by atoms with van der Waals surface area (Å²) in [5, 5.41) is 13.7. The number of carbonyl (C=O) groups is 1. The first-order chi connectivity index (χ1) is 12.3. The Hall–Kier alpha value is -1.10. The van der Waals surface area contributed by atoms with Gasteiger partial charge in [0.25, 0.3) is 0 Å². The zero-order valence-corrected chi connectivity index (χ0v) is 17.1. The number of halogens is 1. The lowest BCUT2D eigenvalue weighted by molar-refractivity contribution is -0.125. The molecule has 0 heterocycles. The summed E-state index contributed by atoms with van der Waals surface area (Å²) in [6.45, 7) is 7.55. The molecular formula is C21H35ClN2O2. The van der Waals surface area contributed by atoms with Gasteiger partial charge in [-0.25, -0.2) is 0 Å². The normalized spacial score (nSPS) is 22.6. The van der Waals surface area contributed by atoms with Crippen LogP contribution < -0.4 is 11.1 Å². The number of Topliss-reactive ketones (excluding diaryl/α,β-unsaturated/α-hetero) is 1. The van der Waals surface area contributed by atoms with Crippen LogP contribution in [-0.2, 0) is 4.79 Å². The minimum atomic E-state index is -0.429. The van der Waals surface area contributed by atoms with Gasteiger partial charge < -0.3 is 16.2 Å². The maximum atomic E-state index is 12.6. The number of hydrogen-bond acceptors (Lipinski definition) is 4. The van der Waals surface area contributed by atoms with Crippen molar-refractivity contribution in [1.82, 2.24) is 5.32 Å². The Morgan fingerprint density at radius 1 is 1.50 bits per heavy atom. The van der Waals surface area contributed by atoms with Crippen molar-refractivity contribution in [2.75, 3.05) is 13.1 Å². The molecule has 0 amide bonds. The maximum absolute atomic E-state index is 12.6. The zero-order valence-electron chi connectivity index (χ0n) is 16.4. The molecule has 1 rings (SSSR count). The number of aliphatic hydroxyl groups excluding tert-OH is 1. The summed E-state index contributed by atoms with van der Waals surface area (Å²) in [4.78, 5) is 12.6. The molecule has 0 fully saturated rings. The van der Waals surface area contributed by atoms with Crippen molar-refractivity contribution >= 4 is 17.4 Å². The molecule has 0 saturated carbocycles. The van der Waals surface area contributed by atoms with Crippen LogP contribution in [0.2, 0.25) is 0 Å². The highest BCUT2D eigenvalue weighted by molar-refractivity contribution is 6.31. The first-order valence-electron chi connectivity index (χ1n) is 9.73. The van der Waals surface area contributed by atoms with E-state index in [1.807, 2.05) is 32.1 Å². The number of ketones is 1. The van der Waals surface area contributed by atoms with Crippen LogP contribution in [0.5, 0.6) is 0 Å². The van der Waals surface area contributed by atoms with Crippen molar-refractivity contribution in [3.8, 4) is 0 Å². The van der Waals surface area contributed by atoms with Crippen LogP contribution in [0.15, 0.2) is 35.1 Å². The number of carbonyl (C=O) groups excluding carboxylic acids is 1. The van der Waals surface area contributed by atoms with Gasteiger partial charge in [-0.15, -0.1) is 0 Å². The highest BCUT2D eigenvalue weighted by Gasteiger charge is 2.28. The van der Waals surface area contributed by atoms with Gasteiger partial charge in [-0.2, -0.15) is 0 Å². The summed E-state index contributed by atoms with van der Waals surface area (Å²) in [5.41, 5.74) is 6.13. The van der Waals surface area contributed by atoms with E-state index < -0.39 is 6.04 Å². The van der Waals surface area contributed by atoms with Crippen LogP contribution in [-0.4, -0.2) is 30.0 Å². The average molecular weight is 383 g/mol. The fraction of sp³-hybridized carbons (Fsp3) is 0.667. The molecule has 5 heteroatoms. The van der Waals surface area contributed by atoms with Crippen molar-refractivity contribution in [2.24, 2.45) is 23.5 Å². The van der Waals surface area contributed by atoms with Crippen LogP contribution in [0.3, 0.4) is 0 Å². The van der Waals surface area contributed by atoms with E-state index in [0.717, 1.165) is 43.8 Å². The van der Waals surface area contributed by atoms with Crippen LogP contribution in [0, 0.1) is 17.8 Å². The maximum Gasteiger partial charge on any atom is 0.152 e. The Morgan fingerprint density at radius 2 is 2.23 bits per heavy atom. The monoisotopic (exact) mass is 382 g/mol. The molecule has 0 spiro atoms. The number of rotatable bonds is 10. The summed E-state index contributed by atoms with van der Waals surface area (Å²) >= 11 is 5.94. The molecule has 4 atom stereocenters. The predicted octanol–water partition coefficient (Wildman–Crippen LogP) is 4.47. The van der Waals surface area contributed by atoms with Crippen molar-refractivity contribution in [1.29, 1.82) is 0 Å². The van der Waals surface area contributed by atoms with Gasteiger partial charge in [-0.3, -0.25) is 4.79 Å². The predicted molar refractivity (Wildman–Crippen MR) is 110 cm³/mol. The largest absolute Gasteiger partial charge is 0.513 e. The van der Waals surface area contributed by atoms with Crippen molar-refractivity contribution < 1.29 is 9.90 Å². The number of nitrogens with one attached hydrogen (secondary N) is 1. The smallest absolute Gasteiger partial charge is 0.152 e. The highest BCUT2D eigenvalue weighted by Crippen LogP contribution is 2.28. The van der Waals surface area contributed by atoms with Crippen LogP contribution in [0.4, 0.5) is 0 Å². The number of allylic oxidation sites excluding steroid dienone is 5. The van der Waals surface area contributed by atoms with Gasteiger partial charge in [0.2, 0.25) is 0 Å². The molecular weight excluding hydrogens is 348 g/mol. The van der Waals surface area contributed by atoms with Gasteiger partial charge in [0.05, 0.1) is 11.8 Å². The lowest BCUT2D eigenvalue weighted by Gasteiger charge is -2.23. The third-order valence-corrected chi connectivity index (χ3v) is 5.49. The molecule has 0 aromatic heterocycles. The standard InChI is InChI=1S/C21H35ClN2O2/c1-4-18(22)10-8-15(2)14-24-13-12-20(23)21(26)16(3)17-6-5-7-19(25)11-9-17/h4,8,10-11,15-17,20,24-25H,5-7,9,12-14,23H2,1-3H3/b10-8-,18-4+/t15?,16?,17?,20-/m0/s1.